The van der Waals surface area contributed by atoms with E-state index in [0.29, 0.717) is 6.04 Å². The maximum atomic E-state index is 5.76. The van der Waals surface area contributed by atoms with Crippen molar-refractivity contribution in [3.05, 3.63) is 59.9 Å². The molecule has 3 rings (SSSR count). The van der Waals surface area contributed by atoms with Crippen LogP contribution in [0.5, 0.6) is 5.75 Å². The third-order valence-electron chi connectivity index (χ3n) is 4.20. The molecule has 1 N–H and O–H groups in total. The third-order valence-corrected chi connectivity index (χ3v) is 4.20. The molecule has 24 heavy (non-hydrogen) atoms. The van der Waals surface area contributed by atoms with Crippen LogP contribution in [-0.2, 0) is 6.54 Å². The molecule has 2 aromatic rings. The van der Waals surface area contributed by atoms with Crippen LogP contribution in [0.3, 0.4) is 0 Å². The van der Waals surface area contributed by atoms with Crippen LogP contribution in [0.1, 0.15) is 30.5 Å². The molecular weight excluding hydrogens is 322 g/mol. The van der Waals surface area contributed by atoms with E-state index in [2.05, 4.69) is 52.5 Å². The molecule has 0 spiro atoms. The lowest BCUT2D eigenvalue weighted by Gasteiger charge is -2.36. The van der Waals surface area contributed by atoms with Crippen molar-refractivity contribution in [2.45, 2.75) is 25.9 Å². The Morgan fingerprint density at radius 2 is 2.08 bits per heavy atom. The Bertz CT molecular complexity index is 609. The van der Waals surface area contributed by atoms with Crippen molar-refractivity contribution in [1.82, 2.24) is 15.2 Å². The Morgan fingerprint density at radius 3 is 2.88 bits per heavy atom. The molecule has 1 saturated heterocycles. The van der Waals surface area contributed by atoms with Gasteiger partial charge >= 0.3 is 0 Å². The van der Waals surface area contributed by atoms with Crippen molar-refractivity contribution in [2.24, 2.45) is 0 Å². The van der Waals surface area contributed by atoms with Gasteiger partial charge in [0.2, 0.25) is 0 Å². The number of rotatable bonds is 6. The largest absolute Gasteiger partial charge is 0.494 e. The summed E-state index contributed by atoms with van der Waals surface area (Å²) in [6.45, 7) is 6.91. The van der Waals surface area contributed by atoms with Gasteiger partial charge in [-0.05, 0) is 41.8 Å². The van der Waals surface area contributed by atoms with Gasteiger partial charge in [-0.15, -0.1) is 12.4 Å². The van der Waals surface area contributed by atoms with Crippen LogP contribution < -0.4 is 10.1 Å². The fourth-order valence-corrected chi connectivity index (χ4v) is 3.04. The van der Waals surface area contributed by atoms with Crippen molar-refractivity contribution in [1.29, 1.82) is 0 Å². The smallest absolute Gasteiger partial charge is 0.119 e. The van der Waals surface area contributed by atoms with Gasteiger partial charge in [0.15, 0.2) is 0 Å². The van der Waals surface area contributed by atoms with Crippen molar-refractivity contribution >= 4 is 12.4 Å². The first-order chi connectivity index (χ1) is 11.4. The lowest BCUT2D eigenvalue weighted by atomic mass is 10.0. The average molecular weight is 348 g/mol. The monoisotopic (exact) mass is 347 g/mol. The highest BCUT2D eigenvalue weighted by Gasteiger charge is 2.23. The summed E-state index contributed by atoms with van der Waals surface area (Å²) in [5.41, 5.74) is 2.63. The maximum Gasteiger partial charge on any atom is 0.119 e. The summed E-state index contributed by atoms with van der Waals surface area (Å²) in [6.07, 6.45) is 4.79. The molecule has 0 aliphatic carbocycles. The van der Waals surface area contributed by atoms with E-state index in [0.717, 1.165) is 45.0 Å². The normalized spacial score (nSPS) is 18.0. The lowest BCUT2D eigenvalue weighted by molar-refractivity contribution is 0.153. The molecule has 1 aromatic carbocycles. The van der Waals surface area contributed by atoms with Crippen molar-refractivity contribution in [2.75, 3.05) is 26.2 Å². The number of hydrogen-bond acceptors (Lipinski definition) is 4. The number of aromatic nitrogens is 1. The lowest BCUT2D eigenvalue weighted by Crippen LogP contribution is -2.45. The van der Waals surface area contributed by atoms with Crippen molar-refractivity contribution in [3.8, 4) is 5.75 Å². The first-order valence-corrected chi connectivity index (χ1v) is 8.43. The molecule has 2 heterocycles. The van der Waals surface area contributed by atoms with E-state index in [1.54, 1.807) is 0 Å². The van der Waals surface area contributed by atoms with Gasteiger partial charge in [-0.2, -0.15) is 0 Å². The fraction of sp³-hybridized carbons (Fsp3) is 0.421. The Kier molecular flexibility index (Phi) is 7.50. The quantitative estimate of drug-likeness (QED) is 0.868. The molecular formula is C19H26ClN3O. The summed E-state index contributed by atoms with van der Waals surface area (Å²) in [4.78, 5) is 6.67. The van der Waals surface area contributed by atoms with Crippen LogP contribution in [0.15, 0.2) is 48.8 Å². The Hall–Kier alpha value is -1.62. The van der Waals surface area contributed by atoms with E-state index >= 15 is 0 Å². The topological polar surface area (TPSA) is 37.4 Å². The number of hydrogen-bond donors (Lipinski definition) is 1. The van der Waals surface area contributed by atoms with Gasteiger partial charge in [-0.3, -0.25) is 9.88 Å². The Balaban J connectivity index is 0.00000208. The molecule has 1 aliphatic heterocycles. The summed E-state index contributed by atoms with van der Waals surface area (Å²) < 4.78 is 5.76. The molecule has 0 bridgehead atoms. The summed E-state index contributed by atoms with van der Waals surface area (Å²) in [5, 5.41) is 3.50. The number of piperazine rings is 1. The number of halogens is 1. The first kappa shape index (κ1) is 18.7. The molecule has 1 aliphatic rings. The van der Waals surface area contributed by atoms with Gasteiger partial charge in [-0.25, -0.2) is 0 Å². The highest BCUT2D eigenvalue weighted by atomic mass is 35.5. The zero-order valence-electron chi connectivity index (χ0n) is 14.1. The minimum Gasteiger partial charge on any atom is -0.494 e. The molecule has 4 nitrogen and oxygen atoms in total. The number of ether oxygens (including phenoxy) is 1. The van der Waals surface area contributed by atoms with Crippen LogP contribution in [0.25, 0.3) is 0 Å². The number of nitrogens with one attached hydrogen (secondary N) is 1. The molecule has 0 radical (unpaired) electrons. The maximum absolute atomic E-state index is 5.76. The minimum atomic E-state index is 0. The van der Waals surface area contributed by atoms with Crippen molar-refractivity contribution < 1.29 is 4.74 Å². The molecule has 5 heteroatoms. The van der Waals surface area contributed by atoms with E-state index in [1.807, 2.05) is 18.5 Å². The van der Waals surface area contributed by atoms with E-state index in [9.17, 15) is 0 Å². The summed E-state index contributed by atoms with van der Waals surface area (Å²) in [7, 11) is 0. The summed E-state index contributed by atoms with van der Waals surface area (Å²) in [5.74, 6) is 0.972. The molecule has 0 amide bonds. The summed E-state index contributed by atoms with van der Waals surface area (Å²) >= 11 is 0. The second-order valence-electron chi connectivity index (χ2n) is 5.97. The van der Waals surface area contributed by atoms with Gasteiger partial charge in [0.1, 0.15) is 5.75 Å². The van der Waals surface area contributed by atoms with E-state index in [4.69, 9.17) is 4.74 Å². The molecule has 1 atom stereocenters. The average Bonchev–Trinajstić information content (AvgIpc) is 2.61. The molecule has 0 saturated carbocycles. The highest BCUT2D eigenvalue weighted by molar-refractivity contribution is 5.85. The fourth-order valence-electron chi connectivity index (χ4n) is 3.04. The predicted molar refractivity (Wildman–Crippen MR) is 99.7 cm³/mol. The van der Waals surface area contributed by atoms with E-state index in [1.165, 1.54) is 11.1 Å². The standard InChI is InChI=1S/C19H25N3O.ClH/c1-2-12-23-18-5-3-4-16(13-18)15-22-11-10-21-14-19(22)17-6-8-20-9-7-17;/h3-9,13,19,21H,2,10-12,14-15H2,1H3;1H. The van der Waals surface area contributed by atoms with E-state index in [-0.39, 0.29) is 12.4 Å². The van der Waals surface area contributed by atoms with Gasteiger partial charge in [-0.1, -0.05) is 19.1 Å². The third kappa shape index (κ3) is 4.94. The van der Waals surface area contributed by atoms with Crippen LogP contribution in [0.4, 0.5) is 0 Å². The predicted octanol–water partition coefficient (Wildman–Crippen LogP) is 3.44. The van der Waals surface area contributed by atoms with Gasteiger partial charge in [0.25, 0.3) is 0 Å². The van der Waals surface area contributed by atoms with E-state index < -0.39 is 0 Å². The molecule has 1 fully saturated rings. The van der Waals surface area contributed by atoms with Crippen LogP contribution in [-0.4, -0.2) is 36.1 Å². The Morgan fingerprint density at radius 1 is 1.25 bits per heavy atom. The highest BCUT2D eigenvalue weighted by Crippen LogP contribution is 2.24. The van der Waals surface area contributed by atoms with Gasteiger partial charge < -0.3 is 10.1 Å². The second kappa shape index (κ2) is 9.62. The number of nitrogens with zero attached hydrogens (tertiary/aromatic N) is 2. The zero-order valence-corrected chi connectivity index (χ0v) is 15.0. The van der Waals surface area contributed by atoms with Crippen molar-refractivity contribution in [3.63, 3.8) is 0 Å². The van der Waals surface area contributed by atoms with Gasteiger partial charge in [0.05, 0.1) is 6.61 Å². The number of pyridine rings is 1. The van der Waals surface area contributed by atoms with Gasteiger partial charge in [0, 0.05) is 44.6 Å². The summed E-state index contributed by atoms with van der Waals surface area (Å²) in [6, 6.07) is 13.1. The Labute approximate surface area is 150 Å². The minimum absolute atomic E-state index is 0. The van der Waals surface area contributed by atoms with Crippen LogP contribution >= 0.6 is 12.4 Å². The number of benzene rings is 1. The van der Waals surface area contributed by atoms with Crippen LogP contribution in [0.2, 0.25) is 0 Å². The van der Waals surface area contributed by atoms with Crippen LogP contribution in [0, 0.1) is 0 Å². The molecule has 130 valence electrons. The first-order valence-electron chi connectivity index (χ1n) is 8.43. The SMILES string of the molecule is CCCOc1cccc(CN2CCNCC2c2ccncc2)c1.Cl. The molecule has 1 aromatic heterocycles. The zero-order chi connectivity index (χ0) is 15.9. The molecule has 1 unspecified atom stereocenters. The second-order valence-corrected chi connectivity index (χ2v) is 5.97.